The summed E-state index contributed by atoms with van der Waals surface area (Å²) in [6.07, 6.45) is 0. The van der Waals surface area contributed by atoms with Gasteiger partial charge in [0.25, 0.3) is 0 Å². The minimum absolute atomic E-state index is 0.123. The first-order valence-corrected chi connectivity index (χ1v) is 5.68. The summed E-state index contributed by atoms with van der Waals surface area (Å²) in [4.78, 5) is 0. The molecule has 0 saturated heterocycles. The molecular weight excluding hydrogens is 256 g/mol. The number of hydrogen-bond donors (Lipinski definition) is 0. The van der Waals surface area contributed by atoms with Crippen LogP contribution in [0.5, 0.6) is 5.75 Å². The Morgan fingerprint density at radius 3 is 2.47 bits per heavy atom. The lowest BCUT2D eigenvalue weighted by Gasteiger charge is -2.20. The van der Waals surface area contributed by atoms with Crippen molar-refractivity contribution in [1.29, 1.82) is 0 Å². The first kappa shape index (κ1) is 12.5. The average Bonchev–Trinajstić information content (AvgIpc) is 2.15. The lowest BCUT2D eigenvalue weighted by molar-refractivity contribution is -0.0152. The van der Waals surface area contributed by atoms with Gasteiger partial charge < -0.3 is 9.47 Å². The van der Waals surface area contributed by atoms with Crippen molar-refractivity contribution in [1.82, 2.24) is 0 Å². The van der Waals surface area contributed by atoms with Crippen LogP contribution < -0.4 is 4.74 Å². The molecule has 0 aromatic heterocycles. The van der Waals surface area contributed by atoms with Crippen LogP contribution in [0.4, 0.5) is 0 Å². The first-order chi connectivity index (χ1) is 6.92. The summed E-state index contributed by atoms with van der Waals surface area (Å²) in [6, 6.07) is 5.88. The highest BCUT2D eigenvalue weighted by Gasteiger charge is 2.11. The van der Waals surface area contributed by atoms with E-state index < -0.39 is 0 Å². The molecule has 0 aliphatic carbocycles. The third kappa shape index (κ3) is 4.22. The van der Waals surface area contributed by atoms with Gasteiger partial charge in [-0.15, -0.1) is 0 Å². The first-order valence-electron chi connectivity index (χ1n) is 4.89. The minimum Gasteiger partial charge on any atom is -0.497 e. The smallest absolute Gasteiger partial charge is 0.119 e. The van der Waals surface area contributed by atoms with E-state index >= 15 is 0 Å². The van der Waals surface area contributed by atoms with E-state index in [4.69, 9.17) is 9.47 Å². The van der Waals surface area contributed by atoms with E-state index in [2.05, 4.69) is 15.9 Å². The molecule has 15 heavy (non-hydrogen) atoms. The number of methoxy groups -OCH3 is 1. The predicted molar refractivity (Wildman–Crippen MR) is 65.2 cm³/mol. The van der Waals surface area contributed by atoms with E-state index in [1.54, 1.807) is 7.11 Å². The maximum absolute atomic E-state index is 5.71. The molecule has 84 valence electrons. The number of benzene rings is 1. The van der Waals surface area contributed by atoms with Gasteiger partial charge in [-0.2, -0.15) is 0 Å². The highest BCUT2D eigenvalue weighted by atomic mass is 79.9. The highest BCUT2D eigenvalue weighted by molar-refractivity contribution is 9.10. The Balaban J connectivity index is 2.75. The molecule has 0 unspecified atom stereocenters. The van der Waals surface area contributed by atoms with Crippen molar-refractivity contribution in [3.63, 3.8) is 0 Å². The lowest BCUT2D eigenvalue weighted by atomic mass is 10.2. The molecule has 0 fully saturated rings. The average molecular weight is 273 g/mol. The Morgan fingerprint density at radius 2 is 1.93 bits per heavy atom. The van der Waals surface area contributed by atoms with E-state index in [9.17, 15) is 0 Å². The summed E-state index contributed by atoms with van der Waals surface area (Å²) < 4.78 is 11.9. The van der Waals surface area contributed by atoms with Crippen LogP contribution in [0, 0.1) is 0 Å². The van der Waals surface area contributed by atoms with E-state index in [-0.39, 0.29) is 5.60 Å². The predicted octanol–water partition coefficient (Wildman–Crippen LogP) is 3.77. The molecular formula is C12H17BrO2. The van der Waals surface area contributed by atoms with E-state index in [1.165, 1.54) is 0 Å². The van der Waals surface area contributed by atoms with Crippen molar-refractivity contribution in [2.45, 2.75) is 33.0 Å². The number of ether oxygens (including phenoxy) is 2. The van der Waals surface area contributed by atoms with Crippen LogP contribution in [0.15, 0.2) is 22.7 Å². The molecule has 1 aromatic rings. The fourth-order valence-corrected chi connectivity index (χ4v) is 1.44. The zero-order valence-electron chi connectivity index (χ0n) is 9.63. The van der Waals surface area contributed by atoms with Crippen LogP contribution in [0.3, 0.4) is 0 Å². The molecule has 0 amide bonds. The van der Waals surface area contributed by atoms with E-state index in [0.29, 0.717) is 6.61 Å². The lowest BCUT2D eigenvalue weighted by Crippen LogP contribution is -2.18. The Bertz CT molecular complexity index is 329. The topological polar surface area (TPSA) is 18.5 Å². The van der Waals surface area contributed by atoms with Gasteiger partial charge in [0.1, 0.15) is 5.75 Å². The second-order valence-corrected chi connectivity index (χ2v) is 5.21. The molecule has 1 aromatic carbocycles. The molecule has 0 saturated carbocycles. The van der Waals surface area contributed by atoms with Crippen LogP contribution in [0.1, 0.15) is 26.3 Å². The molecule has 0 atom stereocenters. The number of halogens is 1. The highest BCUT2D eigenvalue weighted by Crippen LogP contribution is 2.24. The number of rotatable bonds is 3. The number of hydrogen-bond acceptors (Lipinski definition) is 2. The van der Waals surface area contributed by atoms with Gasteiger partial charge in [0.15, 0.2) is 0 Å². The fraction of sp³-hybridized carbons (Fsp3) is 0.500. The van der Waals surface area contributed by atoms with Crippen LogP contribution in [0.2, 0.25) is 0 Å². The molecule has 0 aliphatic heterocycles. The van der Waals surface area contributed by atoms with Crippen molar-refractivity contribution < 1.29 is 9.47 Å². The largest absolute Gasteiger partial charge is 0.497 e. The van der Waals surface area contributed by atoms with E-state index in [0.717, 1.165) is 15.8 Å². The van der Waals surface area contributed by atoms with Gasteiger partial charge in [0, 0.05) is 4.47 Å². The molecule has 2 nitrogen and oxygen atoms in total. The third-order valence-corrected chi connectivity index (χ3v) is 2.69. The molecule has 0 heterocycles. The molecule has 0 N–H and O–H groups in total. The zero-order chi connectivity index (χ0) is 11.5. The fourth-order valence-electron chi connectivity index (χ4n) is 1.08. The Morgan fingerprint density at radius 1 is 1.27 bits per heavy atom. The summed E-state index contributed by atoms with van der Waals surface area (Å²) in [5.74, 6) is 0.853. The van der Waals surface area contributed by atoms with Crippen molar-refractivity contribution in [3.05, 3.63) is 28.2 Å². The Kier molecular flexibility index (Phi) is 4.17. The summed E-state index contributed by atoms with van der Waals surface area (Å²) in [5, 5.41) is 0. The van der Waals surface area contributed by atoms with Crippen molar-refractivity contribution in [3.8, 4) is 5.75 Å². The van der Waals surface area contributed by atoms with Crippen LogP contribution in [-0.2, 0) is 11.3 Å². The maximum atomic E-state index is 5.71. The van der Waals surface area contributed by atoms with Crippen molar-refractivity contribution >= 4 is 15.9 Å². The van der Waals surface area contributed by atoms with Gasteiger partial charge in [-0.25, -0.2) is 0 Å². The SMILES string of the molecule is COc1ccc(Br)c(COC(C)(C)C)c1. The maximum Gasteiger partial charge on any atom is 0.119 e. The molecule has 0 spiro atoms. The molecule has 3 heteroatoms. The van der Waals surface area contributed by atoms with Gasteiger partial charge in [0.05, 0.1) is 19.3 Å². The summed E-state index contributed by atoms with van der Waals surface area (Å²) >= 11 is 3.49. The second-order valence-electron chi connectivity index (χ2n) is 4.36. The van der Waals surface area contributed by atoms with Gasteiger partial charge in [-0.3, -0.25) is 0 Å². The summed E-state index contributed by atoms with van der Waals surface area (Å²) in [7, 11) is 1.66. The van der Waals surface area contributed by atoms with Gasteiger partial charge >= 0.3 is 0 Å². The van der Waals surface area contributed by atoms with E-state index in [1.807, 2.05) is 39.0 Å². The van der Waals surface area contributed by atoms with Crippen molar-refractivity contribution in [2.24, 2.45) is 0 Å². The zero-order valence-corrected chi connectivity index (χ0v) is 11.2. The quantitative estimate of drug-likeness (QED) is 0.834. The minimum atomic E-state index is -0.123. The Hall–Kier alpha value is -0.540. The molecule has 1 rings (SSSR count). The van der Waals surface area contributed by atoms with Crippen molar-refractivity contribution in [2.75, 3.05) is 7.11 Å². The van der Waals surface area contributed by atoms with Gasteiger partial charge in [-0.05, 0) is 44.5 Å². The normalized spacial score (nSPS) is 11.5. The Labute approximate surface area is 99.7 Å². The summed E-state index contributed by atoms with van der Waals surface area (Å²) in [5.41, 5.74) is 0.979. The molecule has 0 bridgehead atoms. The monoisotopic (exact) mass is 272 g/mol. The second kappa shape index (κ2) is 4.99. The van der Waals surface area contributed by atoms with Gasteiger partial charge in [-0.1, -0.05) is 15.9 Å². The third-order valence-electron chi connectivity index (χ3n) is 1.91. The van der Waals surface area contributed by atoms with Crippen LogP contribution in [-0.4, -0.2) is 12.7 Å². The standard InChI is InChI=1S/C12H17BrO2/c1-12(2,3)15-8-9-7-10(14-4)5-6-11(9)13/h5-7H,8H2,1-4H3. The summed E-state index contributed by atoms with van der Waals surface area (Å²) in [6.45, 7) is 6.71. The molecule has 0 radical (unpaired) electrons. The van der Waals surface area contributed by atoms with Crippen LogP contribution in [0.25, 0.3) is 0 Å². The molecule has 0 aliphatic rings. The van der Waals surface area contributed by atoms with Crippen LogP contribution >= 0.6 is 15.9 Å². The van der Waals surface area contributed by atoms with Gasteiger partial charge in [0.2, 0.25) is 0 Å².